The molecule has 1 atom stereocenters. The number of phenols is 1. The molecule has 0 aliphatic carbocycles. The lowest BCUT2D eigenvalue weighted by molar-refractivity contribution is -0.120. The smallest absolute Gasteiger partial charge is 0.240 e. The maximum absolute atomic E-state index is 14.4. The van der Waals surface area contributed by atoms with E-state index in [4.69, 9.17) is 11.6 Å². The number of hydrogen-bond acceptors (Lipinski definition) is 4. The summed E-state index contributed by atoms with van der Waals surface area (Å²) in [7, 11) is -3.68. The van der Waals surface area contributed by atoms with Crippen LogP contribution in [0.5, 0.6) is 5.75 Å². The number of halogens is 2. The molecule has 1 unspecified atom stereocenters. The van der Waals surface area contributed by atoms with Crippen LogP contribution in [-0.2, 0) is 14.8 Å². The van der Waals surface area contributed by atoms with Gasteiger partial charge in [0.15, 0.2) is 0 Å². The van der Waals surface area contributed by atoms with E-state index in [0.717, 1.165) is 12.3 Å². The Morgan fingerprint density at radius 2 is 1.83 bits per heavy atom. The highest BCUT2D eigenvalue weighted by atomic mass is 35.5. The van der Waals surface area contributed by atoms with E-state index in [2.05, 4.69) is 0 Å². The minimum Gasteiger partial charge on any atom is -0.508 e. The van der Waals surface area contributed by atoms with Gasteiger partial charge in [-0.1, -0.05) is 23.7 Å². The van der Waals surface area contributed by atoms with Crippen molar-refractivity contribution in [3.8, 4) is 16.9 Å². The molecule has 2 N–H and O–H groups in total. The molecular formula is C16H15ClFNO4S. The Morgan fingerprint density at radius 1 is 1.21 bits per heavy atom. The molecule has 0 saturated carbocycles. The van der Waals surface area contributed by atoms with E-state index in [9.17, 15) is 22.7 Å². The second kappa shape index (κ2) is 6.78. The zero-order chi connectivity index (χ0) is 18.1. The third-order valence-corrected chi connectivity index (χ3v) is 4.30. The maximum atomic E-state index is 14.4. The first-order chi connectivity index (χ1) is 11.1. The molecule has 0 bridgehead atoms. The highest BCUT2D eigenvalue weighted by Gasteiger charge is 2.20. The number of sulfonamides is 1. The van der Waals surface area contributed by atoms with Gasteiger partial charge in [0.25, 0.3) is 0 Å². The van der Waals surface area contributed by atoms with E-state index in [1.165, 1.54) is 37.3 Å². The molecule has 0 radical (unpaired) electrons. The fraction of sp³-hybridized carbons (Fsp3) is 0.188. The van der Waals surface area contributed by atoms with E-state index < -0.39 is 27.7 Å². The number of carbonyl (C=O) groups is 1. The summed E-state index contributed by atoms with van der Waals surface area (Å²) in [5, 5.41) is 9.54. The lowest BCUT2D eigenvalue weighted by Gasteiger charge is -2.13. The van der Waals surface area contributed by atoms with Crippen LogP contribution in [0.2, 0.25) is 5.02 Å². The average Bonchev–Trinajstić information content (AvgIpc) is 2.45. The summed E-state index contributed by atoms with van der Waals surface area (Å²) in [6, 6.07) is 8.30. The van der Waals surface area contributed by atoms with Crippen LogP contribution in [0.15, 0.2) is 36.4 Å². The quantitative estimate of drug-likeness (QED) is 0.865. The van der Waals surface area contributed by atoms with Crippen molar-refractivity contribution in [3.05, 3.63) is 52.8 Å². The van der Waals surface area contributed by atoms with E-state index in [0.29, 0.717) is 11.1 Å². The first-order valence-corrected chi connectivity index (χ1v) is 9.15. The lowest BCUT2D eigenvalue weighted by atomic mass is 9.96. The molecule has 0 aromatic heterocycles. The zero-order valence-electron chi connectivity index (χ0n) is 12.9. The van der Waals surface area contributed by atoms with Crippen molar-refractivity contribution in [2.45, 2.75) is 12.8 Å². The van der Waals surface area contributed by atoms with Gasteiger partial charge >= 0.3 is 0 Å². The lowest BCUT2D eigenvalue weighted by Crippen LogP contribution is -2.32. The van der Waals surface area contributed by atoms with Crippen LogP contribution in [-0.4, -0.2) is 25.7 Å². The summed E-state index contributed by atoms with van der Waals surface area (Å²) < 4.78 is 38.5. The van der Waals surface area contributed by atoms with Crippen molar-refractivity contribution in [2.75, 3.05) is 6.26 Å². The van der Waals surface area contributed by atoms with E-state index in [1.54, 1.807) is 0 Å². The van der Waals surface area contributed by atoms with Crippen molar-refractivity contribution in [1.29, 1.82) is 0 Å². The summed E-state index contributed by atoms with van der Waals surface area (Å²) >= 11 is 6.00. The van der Waals surface area contributed by atoms with Crippen LogP contribution in [0.4, 0.5) is 4.39 Å². The second-order valence-electron chi connectivity index (χ2n) is 5.36. The Hall–Kier alpha value is -2.12. The Labute approximate surface area is 144 Å². The molecule has 24 heavy (non-hydrogen) atoms. The predicted octanol–water partition coefficient (Wildman–Crippen LogP) is 3.03. The molecule has 1 amide bonds. The summed E-state index contributed by atoms with van der Waals surface area (Å²) in [5.41, 5.74) is 0.929. The largest absolute Gasteiger partial charge is 0.508 e. The Morgan fingerprint density at radius 3 is 2.38 bits per heavy atom. The van der Waals surface area contributed by atoms with Crippen molar-refractivity contribution in [2.24, 2.45) is 0 Å². The fourth-order valence-electron chi connectivity index (χ4n) is 2.16. The monoisotopic (exact) mass is 371 g/mol. The molecule has 0 fully saturated rings. The number of carbonyl (C=O) groups excluding carboxylic acids is 1. The summed E-state index contributed by atoms with van der Waals surface area (Å²) in [6.07, 6.45) is 0.869. The number of phenolic OH excluding ortho intramolecular Hbond substituents is 1. The van der Waals surface area contributed by atoms with Gasteiger partial charge < -0.3 is 5.11 Å². The first kappa shape index (κ1) is 18.2. The molecule has 0 spiro atoms. The molecule has 8 heteroatoms. The van der Waals surface area contributed by atoms with Gasteiger partial charge in [0, 0.05) is 11.1 Å². The van der Waals surface area contributed by atoms with Gasteiger partial charge in [-0.15, -0.1) is 0 Å². The van der Waals surface area contributed by atoms with E-state index >= 15 is 0 Å². The Bertz CT molecular complexity index is 899. The number of nitrogens with one attached hydrogen (secondary N) is 1. The molecule has 2 aromatic rings. The number of rotatable bonds is 4. The number of benzene rings is 2. The van der Waals surface area contributed by atoms with E-state index in [1.807, 2.05) is 4.72 Å². The minimum absolute atomic E-state index is 0.0353. The van der Waals surface area contributed by atoms with E-state index in [-0.39, 0.29) is 16.3 Å². The molecule has 0 aliphatic rings. The third-order valence-electron chi connectivity index (χ3n) is 3.42. The second-order valence-corrected chi connectivity index (χ2v) is 7.52. The number of hydrogen-bond donors (Lipinski definition) is 2. The zero-order valence-corrected chi connectivity index (χ0v) is 14.5. The molecule has 2 rings (SSSR count). The van der Waals surface area contributed by atoms with Crippen LogP contribution in [0, 0.1) is 5.82 Å². The summed E-state index contributed by atoms with van der Waals surface area (Å²) in [5.74, 6) is -2.24. The summed E-state index contributed by atoms with van der Waals surface area (Å²) in [4.78, 5) is 11.9. The van der Waals surface area contributed by atoms with Crippen molar-refractivity contribution in [3.63, 3.8) is 0 Å². The van der Waals surface area contributed by atoms with Crippen LogP contribution in [0.3, 0.4) is 0 Å². The third kappa shape index (κ3) is 4.24. The van der Waals surface area contributed by atoms with Gasteiger partial charge in [0.2, 0.25) is 15.9 Å². The molecule has 2 aromatic carbocycles. The van der Waals surface area contributed by atoms with Gasteiger partial charge in [-0.2, -0.15) is 0 Å². The van der Waals surface area contributed by atoms with Gasteiger partial charge in [-0.05, 0) is 36.8 Å². The maximum Gasteiger partial charge on any atom is 0.240 e. The molecule has 128 valence electrons. The van der Waals surface area contributed by atoms with Gasteiger partial charge in [0.05, 0.1) is 17.2 Å². The van der Waals surface area contributed by atoms with Gasteiger partial charge in [-0.25, -0.2) is 12.8 Å². The molecular weight excluding hydrogens is 357 g/mol. The van der Waals surface area contributed by atoms with Crippen LogP contribution in [0.1, 0.15) is 18.4 Å². The molecule has 0 saturated heterocycles. The van der Waals surface area contributed by atoms with Crippen LogP contribution < -0.4 is 4.72 Å². The summed E-state index contributed by atoms with van der Waals surface area (Å²) in [6.45, 7) is 1.47. The average molecular weight is 372 g/mol. The van der Waals surface area contributed by atoms with Gasteiger partial charge in [-0.3, -0.25) is 9.52 Å². The standard InChI is InChI=1S/C16H15ClFNO4S/c1-9(16(21)19-24(2,22)23)10-3-5-13(15(18)7-10)12-6-4-11(20)8-14(12)17/h3-9,20H,1-2H3,(H,19,21). The topological polar surface area (TPSA) is 83.5 Å². The molecule has 5 nitrogen and oxygen atoms in total. The number of aromatic hydroxyl groups is 1. The number of amides is 1. The highest BCUT2D eigenvalue weighted by molar-refractivity contribution is 7.89. The fourth-order valence-corrected chi connectivity index (χ4v) is 2.98. The highest BCUT2D eigenvalue weighted by Crippen LogP contribution is 2.33. The van der Waals surface area contributed by atoms with Crippen LogP contribution >= 0.6 is 11.6 Å². The van der Waals surface area contributed by atoms with Gasteiger partial charge in [0.1, 0.15) is 11.6 Å². The predicted molar refractivity (Wildman–Crippen MR) is 89.9 cm³/mol. The normalized spacial score (nSPS) is 12.7. The Kier molecular flexibility index (Phi) is 5.15. The SMILES string of the molecule is CC(C(=O)NS(C)(=O)=O)c1ccc(-c2ccc(O)cc2Cl)c(F)c1. The van der Waals surface area contributed by atoms with Crippen molar-refractivity contribution in [1.82, 2.24) is 4.72 Å². The molecule has 0 heterocycles. The molecule has 0 aliphatic heterocycles. The van der Waals surface area contributed by atoms with Crippen LogP contribution in [0.25, 0.3) is 11.1 Å². The Balaban J connectivity index is 2.34. The van der Waals surface area contributed by atoms with Crippen molar-refractivity contribution < 1.29 is 22.7 Å². The minimum atomic E-state index is -3.68. The first-order valence-electron chi connectivity index (χ1n) is 6.88. The van der Waals surface area contributed by atoms with Crippen molar-refractivity contribution >= 4 is 27.5 Å².